The van der Waals surface area contributed by atoms with Crippen LogP contribution in [-0.2, 0) is 21.4 Å². The number of carboxylic acid groups (broad SMARTS) is 1. The molecule has 0 unspecified atom stereocenters. The van der Waals surface area contributed by atoms with E-state index in [1.807, 2.05) is 31.2 Å². The molecule has 0 saturated heterocycles. The fraction of sp³-hybridized carbons (Fsp3) is 0.417. The van der Waals surface area contributed by atoms with Crippen LogP contribution in [0.5, 0.6) is 0 Å². The van der Waals surface area contributed by atoms with Gasteiger partial charge in [0.2, 0.25) is 10.0 Å². The van der Waals surface area contributed by atoms with Gasteiger partial charge in [0.25, 0.3) is 0 Å². The third-order valence-corrected chi connectivity index (χ3v) is 3.74. The van der Waals surface area contributed by atoms with Gasteiger partial charge in [0, 0.05) is 13.1 Å². The van der Waals surface area contributed by atoms with Crippen molar-refractivity contribution in [2.45, 2.75) is 19.9 Å². The Hall–Kier alpha value is -1.40. The molecule has 0 saturated carbocycles. The van der Waals surface area contributed by atoms with Crippen molar-refractivity contribution in [3.8, 4) is 0 Å². The van der Waals surface area contributed by atoms with Crippen LogP contribution in [0.15, 0.2) is 24.3 Å². The number of hydrogen-bond acceptors (Lipinski definition) is 3. The van der Waals surface area contributed by atoms with Crippen molar-refractivity contribution in [2.75, 3.05) is 12.8 Å². The fourth-order valence-electron chi connectivity index (χ4n) is 1.60. The van der Waals surface area contributed by atoms with Crippen LogP contribution in [0, 0.1) is 6.92 Å². The quantitative estimate of drug-likeness (QED) is 0.844. The first-order chi connectivity index (χ1) is 8.29. The highest BCUT2D eigenvalue weighted by atomic mass is 32.2. The van der Waals surface area contributed by atoms with Crippen molar-refractivity contribution >= 4 is 16.0 Å². The van der Waals surface area contributed by atoms with Gasteiger partial charge in [0.15, 0.2) is 0 Å². The summed E-state index contributed by atoms with van der Waals surface area (Å²) < 4.78 is 24.3. The molecule has 18 heavy (non-hydrogen) atoms. The van der Waals surface area contributed by atoms with Crippen molar-refractivity contribution in [3.63, 3.8) is 0 Å². The zero-order chi connectivity index (χ0) is 13.8. The van der Waals surface area contributed by atoms with Gasteiger partial charge in [-0.1, -0.05) is 29.8 Å². The van der Waals surface area contributed by atoms with Gasteiger partial charge in [-0.05, 0) is 12.5 Å². The molecule has 1 rings (SSSR count). The first-order valence-electron chi connectivity index (χ1n) is 5.51. The van der Waals surface area contributed by atoms with E-state index < -0.39 is 16.0 Å². The lowest BCUT2D eigenvalue weighted by atomic mass is 10.1. The molecule has 100 valence electrons. The minimum absolute atomic E-state index is 0.0118. The van der Waals surface area contributed by atoms with Crippen LogP contribution in [0.3, 0.4) is 0 Å². The molecule has 5 nitrogen and oxygen atoms in total. The van der Waals surface area contributed by atoms with E-state index in [-0.39, 0.29) is 19.5 Å². The molecule has 0 heterocycles. The van der Waals surface area contributed by atoms with Gasteiger partial charge in [-0.15, -0.1) is 0 Å². The monoisotopic (exact) mass is 271 g/mol. The van der Waals surface area contributed by atoms with Crippen LogP contribution in [0.25, 0.3) is 0 Å². The second-order valence-corrected chi connectivity index (χ2v) is 6.21. The highest BCUT2D eigenvalue weighted by Gasteiger charge is 2.17. The lowest BCUT2D eigenvalue weighted by Crippen LogP contribution is -2.31. The smallest absolute Gasteiger partial charge is 0.304 e. The minimum Gasteiger partial charge on any atom is -0.481 e. The van der Waals surface area contributed by atoms with E-state index in [4.69, 9.17) is 5.11 Å². The van der Waals surface area contributed by atoms with Crippen molar-refractivity contribution in [2.24, 2.45) is 0 Å². The Bertz CT molecular complexity index is 525. The zero-order valence-corrected chi connectivity index (χ0v) is 11.3. The lowest BCUT2D eigenvalue weighted by Gasteiger charge is -2.19. The summed E-state index contributed by atoms with van der Waals surface area (Å²) in [5.41, 5.74) is 1.89. The second kappa shape index (κ2) is 5.97. The summed E-state index contributed by atoms with van der Waals surface area (Å²) in [6.07, 6.45) is 0.892. The van der Waals surface area contributed by atoms with E-state index in [0.717, 1.165) is 17.4 Å². The predicted octanol–water partition coefficient (Wildman–Crippen LogP) is 1.23. The first kappa shape index (κ1) is 14.7. The molecule has 0 aliphatic rings. The van der Waals surface area contributed by atoms with Crippen molar-refractivity contribution in [3.05, 3.63) is 35.4 Å². The number of aryl methyl sites for hydroxylation is 1. The number of carboxylic acids is 1. The molecule has 0 spiro atoms. The van der Waals surface area contributed by atoms with E-state index in [1.165, 1.54) is 4.31 Å². The Balaban J connectivity index is 2.82. The Labute approximate surface area is 107 Å². The van der Waals surface area contributed by atoms with Gasteiger partial charge in [0.1, 0.15) is 0 Å². The van der Waals surface area contributed by atoms with Gasteiger partial charge in [-0.3, -0.25) is 4.79 Å². The average Bonchev–Trinajstić information content (AvgIpc) is 2.22. The van der Waals surface area contributed by atoms with Gasteiger partial charge in [0.05, 0.1) is 12.7 Å². The number of nitrogens with zero attached hydrogens (tertiary/aromatic N) is 1. The van der Waals surface area contributed by atoms with Crippen molar-refractivity contribution in [1.29, 1.82) is 0 Å². The molecule has 0 radical (unpaired) electrons. The van der Waals surface area contributed by atoms with E-state index in [0.29, 0.717) is 0 Å². The number of hydrogen-bond donors (Lipinski definition) is 1. The molecular weight excluding hydrogens is 254 g/mol. The first-order valence-corrected chi connectivity index (χ1v) is 7.36. The van der Waals surface area contributed by atoms with Gasteiger partial charge >= 0.3 is 5.97 Å². The average molecular weight is 271 g/mol. The standard InChI is InChI=1S/C12H17NO4S/c1-10-4-3-5-11(8-10)9-13(18(2,16)17)7-6-12(14)15/h3-5,8H,6-7,9H2,1-2H3,(H,14,15). The molecule has 0 aliphatic carbocycles. The van der Waals surface area contributed by atoms with Crippen LogP contribution in [0.1, 0.15) is 17.5 Å². The zero-order valence-electron chi connectivity index (χ0n) is 10.5. The second-order valence-electron chi connectivity index (χ2n) is 4.23. The molecule has 0 amide bonds. The van der Waals surface area contributed by atoms with Gasteiger partial charge < -0.3 is 5.11 Å². The molecule has 1 N–H and O–H groups in total. The summed E-state index contributed by atoms with van der Waals surface area (Å²) in [5, 5.41) is 8.62. The predicted molar refractivity (Wildman–Crippen MR) is 68.7 cm³/mol. The summed E-state index contributed by atoms with van der Waals surface area (Å²) in [6.45, 7) is 2.11. The summed E-state index contributed by atoms with van der Waals surface area (Å²) in [6, 6.07) is 7.48. The van der Waals surface area contributed by atoms with Crippen molar-refractivity contribution in [1.82, 2.24) is 4.31 Å². The molecule has 0 aromatic heterocycles. The molecule has 0 aliphatic heterocycles. The Morgan fingerprint density at radius 3 is 2.56 bits per heavy atom. The number of carbonyl (C=O) groups is 1. The highest BCUT2D eigenvalue weighted by molar-refractivity contribution is 7.88. The summed E-state index contributed by atoms with van der Waals surface area (Å²) in [7, 11) is -3.40. The van der Waals surface area contributed by atoms with Gasteiger partial charge in [-0.2, -0.15) is 4.31 Å². The number of benzene rings is 1. The topological polar surface area (TPSA) is 74.7 Å². The Morgan fingerprint density at radius 1 is 1.39 bits per heavy atom. The molecule has 6 heteroatoms. The number of rotatable bonds is 6. The SMILES string of the molecule is Cc1cccc(CN(CCC(=O)O)S(C)(=O)=O)c1. The molecule has 0 fully saturated rings. The van der Waals surface area contributed by atoms with E-state index in [1.54, 1.807) is 0 Å². The van der Waals surface area contributed by atoms with Crippen LogP contribution in [-0.4, -0.2) is 36.6 Å². The van der Waals surface area contributed by atoms with Crippen LogP contribution in [0.2, 0.25) is 0 Å². The molecule has 1 aromatic rings. The van der Waals surface area contributed by atoms with Gasteiger partial charge in [-0.25, -0.2) is 8.42 Å². The molecule has 0 bridgehead atoms. The van der Waals surface area contributed by atoms with Crippen molar-refractivity contribution < 1.29 is 18.3 Å². The maximum atomic E-state index is 11.6. The third-order valence-electron chi connectivity index (χ3n) is 2.49. The molecule has 1 aromatic carbocycles. The number of sulfonamides is 1. The largest absolute Gasteiger partial charge is 0.481 e. The lowest BCUT2D eigenvalue weighted by molar-refractivity contribution is -0.137. The summed E-state index contributed by atoms with van der Waals surface area (Å²) in [4.78, 5) is 10.5. The maximum absolute atomic E-state index is 11.6. The Morgan fingerprint density at radius 2 is 2.06 bits per heavy atom. The fourth-order valence-corrected chi connectivity index (χ4v) is 2.40. The van der Waals surface area contributed by atoms with Crippen LogP contribution < -0.4 is 0 Å². The third kappa shape index (κ3) is 4.85. The summed E-state index contributed by atoms with van der Waals surface area (Å²) in [5.74, 6) is -1.01. The van der Waals surface area contributed by atoms with E-state index in [9.17, 15) is 13.2 Å². The molecule has 0 atom stereocenters. The highest BCUT2D eigenvalue weighted by Crippen LogP contribution is 2.11. The van der Waals surface area contributed by atoms with Crippen LogP contribution >= 0.6 is 0 Å². The number of aliphatic carboxylic acids is 1. The summed E-state index contributed by atoms with van der Waals surface area (Å²) >= 11 is 0. The maximum Gasteiger partial charge on any atom is 0.304 e. The van der Waals surface area contributed by atoms with Crippen LogP contribution in [0.4, 0.5) is 0 Å². The molecular formula is C12H17NO4S. The Kier molecular flexibility index (Phi) is 4.86. The van der Waals surface area contributed by atoms with E-state index in [2.05, 4.69) is 0 Å². The minimum atomic E-state index is -3.40. The van der Waals surface area contributed by atoms with E-state index >= 15 is 0 Å². The normalized spacial score (nSPS) is 11.7.